The van der Waals surface area contributed by atoms with E-state index in [4.69, 9.17) is 0 Å². The van der Waals surface area contributed by atoms with E-state index in [2.05, 4.69) is 48.3 Å². The lowest BCUT2D eigenvalue weighted by Gasteiger charge is -2.20. The Bertz CT molecular complexity index is 666. The summed E-state index contributed by atoms with van der Waals surface area (Å²) in [5.74, 6) is 1.17. The average Bonchev–Trinajstić information content (AvgIpc) is 2.89. The zero-order valence-corrected chi connectivity index (χ0v) is 17.1. The molecule has 3 N–H and O–H groups in total. The highest BCUT2D eigenvalue weighted by molar-refractivity contribution is 14.0. The minimum absolute atomic E-state index is 0. The van der Waals surface area contributed by atoms with Gasteiger partial charge in [-0.05, 0) is 49.9 Å². The number of aliphatic imine (C=N–C) groups is 1. The third-order valence-corrected chi connectivity index (χ3v) is 4.09. The fraction of sp³-hybridized carbons (Fsp3) is 0.500. The second kappa shape index (κ2) is 9.86. The average molecular weight is 446 g/mol. The first kappa shape index (κ1) is 20.7. The monoisotopic (exact) mass is 446 g/mol. The smallest absolute Gasteiger partial charge is 0.191 e. The van der Waals surface area contributed by atoms with Crippen LogP contribution in [0.15, 0.2) is 29.4 Å². The van der Waals surface area contributed by atoms with E-state index in [9.17, 15) is 4.39 Å². The maximum atomic E-state index is 13.2. The van der Waals surface area contributed by atoms with Gasteiger partial charge in [-0.3, -0.25) is 4.99 Å². The summed E-state index contributed by atoms with van der Waals surface area (Å²) in [4.78, 5) is 7.76. The first-order chi connectivity index (χ1) is 11.0. The molecule has 134 valence electrons. The fourth-order valence-corrected chi connectivity index (χ4v) is 2.36. The Balaban J connectivity index is 0.00000288. The Kier molecular flexibility index (Phi) is 8.52. The zero-order valence-electron chi connectivity index (χ0n) is 14.8. The topological polar surface area (TPSA) is 52.2 Å². The third kappa shape index (κ3) is 5.65. The van der Waals surface area contributed by atoms with Crippen molar-refractivity contribution in [1.29, 1.82) is 0 Å². The first-order valence-corrected chi connectivity index (χ1v) is 8.31. The number of guanidine groups is 1. The molecule has 24 heavy (non-hydrogen) atoms. The highest BCUT2D eigenvalue weighted by Gasteiger charge is 2.09. The number of halogens is 2. The van der Waals surface area contributed by atoms with E-state index < -0.39 is 0 Å². The molecule has 0 aliphatic heterocycles. The van der Waals surface area contributed by atoms with Crippen LogP contribution in [0.3, 0.4) is 0 Å². The van der Waals surface area contributed by atoms with Crippen molar-refractivity contribution in [3.63, 3.8) is 0 Å². The minimum atomic E-state index is -0.217. The molecule has 2 aromatic rings. The molecule has 0 amide bonds. The van der Waals surface area contributed by atoms with Gasteiger partial charge >= 0.3 is 0 Å². The van der Waals surface area contributed by atoms with Crippen molar-refractivity contribution >= 4 is 40.8 Å². The summed E-state index contributed by atoms with van der Waals surface area (Å²) in [6, 6.07) is 5.21. The predicted molar refractivity (Wildman–Crippen MR) is 111 cm³/mol. The lowest BCUT2D eigenvalue weighted by atomic mass is 10.1. The van der Waals surface area contributed by atoms with Crippen LogP contribution < -0.4 is 10.6 Å². The number of nitrogens with one attached hydrogen (secondary N) is 3. The zero-order chi connectivity index (χ0) is 16.8. The van der Waals surface area contributed by atoms with Crippen LogP contribution in [0.2, 0.25) is 0 Å². The number of aromatic nitrogens is 1. The van der Waals surface area contributed by atoms with Crippen LogP contribution in [0.1, 0.15) is 33.3 Å². The first-order valence-electron chi connectivity index (χ1n) is 8.31. The van der Waals surface area contributed by atoms with Gasteiger partial charge in [0, 0.05) is 36.2 Å². The largest absolute Gasteiger partial charge is 0.361 e. The molecular weight excluding hydrogens is 418 g/mol. The van der Waals surface area contributed by atoms with E-state index in [1.54, 1.807) is 0 Å². The molecular formula is C18H28FIN4. The van der Waals surface area contributed by atoms with Crippen LogP contribution in [0, 0.1) is 11.7 Å². The molecule has 1 atom stereocenters. The van der Waals surface area contributed by atoms with Crippen molar-refractivity contribution in [2.45, 2.75) is 40.2 Å². The highest BCUT2D eigenvalue weighted by Crippen LogP contribution is 2.19. The molecule has 0 aliphatic carbocycles. The molecule has 0 fully saturated rings. The number of fused-ring (bicyclic) bond motifs is 1. The van der Waals surface area contributed by atoms with Gasteiger partial charge in [0.15, 0.2) is 5.96 Å². The van der Waals surface area contributed by atoms with Crippen LogP contribution in [0.4, 0.5) is 4.39 Å². The number of rotatable bonds is 6. The molecule has 0 bridgehead atoms. The second-order valence-corrected chi connectivity index (χ2v) is 6.19. The molecule has 1 unspecified atom stereocenters. The molecule has 0 saturated heterocycles. The number of hydrogen-bond donors (Lipinski definition) is 3. The fourth-order valence-electron chi connectivity index (χ4n) is 2.36. The minimum Gasteiger partial charge on any atom is -0.361 e. The van der Waals surface area contributed by atoms with Crippen molar-refractivity contribution in [3.8, 4) is 0 Å². The van der Waals surface area contributed by atoms with Gasteiger partial charge in [-0.25, -0.2) is 4.39 Å². The van der Waals surface area contributed by atoms with Gasteiger partial charge in [0.1, 0.15) is 5.82 Å². The summed E-state index contributed by atoms with van der Waals surface area (Å²) < 4.78 is 13.2. The lowest BCUT2D eigenvalue weighted by Crippen LogP contribution is -2.44. The van der Waals surface area contributed by atoms with E-state index in [0.29, 0.717) is 18.5 Å². The Hall–Kier alpha value is -1.31. The number of hydrogen-bond acceptors (Lipinski definition) is 1. The molecule has 0 spiro atoms. The van der Waals surface area contributed by atoms with E-state index in [-0.39, 0.29) is 29.8 Å². The summed E-state index contributed by atoms with van der Waals surface area (Å²) in [7, 11) is 0. The Labute approximate surface area is 160 Å². The summed E-state index contributed by atoms with van der Waals surface area (Å²) >= 11 is 0. The summed E-state index contributed by atoms with van der Waals surface area (Å²) in [5.41, 5.74) is 2.00. The van der Waals surface area contributed by atoms with Crippen LogP contribution in [0.25, 0.3) is 10.9 Å². The van der Waals surface area contributed by atoms with Gasteiger partial charge in [-0.1, -0.05) is 13.8 Å². The molecule has 6 heteroatoms. The van der Waals surface area contributed by atoms with Crippen LogP contribution in [-0.2, 0) is 6.42 Å². The molecule has 4 nitrogen and oxygen atoms in total. The molecule has 0 aliphatic rings. The number of benzene rings is 1. The van der Waals surface area contributed by atoms with Gasteiger partial charge < -0.3 is 15.6 Å². The highest BCUT2D eigenvalue weighted by atomic mass is 127. The maximum Gasteiger partial charge on any atom is 0.191 e. The van der Waals surface area contributed by atoms with E-state index in [0.717, 1.165) is 35.4 Å². The van der Waals surface area contributed by atoms with Crippen molar-refractivity contribution in [1.82, 2.24) is 15.6 Å². The molecule has 0 radical (unpaired) electrons. The quantitative estimate of drug-likeness (QED) is 0.356. The second-order valence-electron chi connectivity index (χ2n) is 6.19. The molecule has 1 aromatic heterocycles. The summed E-state index contributed by atoms with van der Waals surface area (Å²) in [6.07, 6.45) is 2.76. The van der Waals surface area contributed by atoms with Crippen molar-refractivity contribution in [2.75, 3.05) is 13.1 Å². The molecule has 2 rings (SSSR count). The van der Waals surface area contributed by atoms with Gasteiger partial charge in [-0.15, -0.1) is 24.0 Å². The maximum absolute atomic E-state index is 13.2. The number of H-pyrrole nitrogens is 1. The van der Waals surface area contributed by atoms with Gasteiger partial charge in [0.2, 0.25) is 0 Å². The van der Waals surface area contributed by atoms with Crippen LogP contribution in [-0.4, -0.2) is 30.1 Å². The number of nitrogens with zero attached hydrogens (tertiary/aromatic N) is 1. The third-order valence-electron chi connectivity index (χ3n) is 4.09. The van der Waals surface area contributed by atoms with E-state index >= 15 is 0 Å². The van der Waals surface area contributed by atoms with Gasteiger partial charge in [-0.2, -0.15) is 0 Å². The van der Waals surface area contributed by atoms with Crippen LogP contribution >= 0.6 is 24.0 Å². The van der Waals surface area contributed by atoms with Crippen molar-refractivity contribution in [3.05, 3.63) is 35.8 Å². The summed E-state index contributed by atoms with van der Waals surface area (Å²) in [5, 5.41) is 7.76. The van der Waals surface area contributed by atoms with Crippen LogP contribution in [0.5, 0.6) is 0 Å². The lowest BCUT2D eigenvalue weighted by molar-refractivity contribution is 0.481. The standard InChI is InChI=1S/C18H27FN4.HI/c1-5-20-18(23-13(4)12(2)3)21-9-8-14-11-22-17-10-15(19)6-7-16(14)17;/h6-7,10-13,22H,5,8-9H2,1-4H3,(H2,20,21,23);1H. The Morgan fingerprint density at radius 3 is 2.71 bits per heavy atom. The predicted octanol–water partition coefficient (Wildman–Crippen LogP) is 4.07. The Morgan fingerprint density at radius 2 is 2.04 bits per heavy atom. The van der Waals surface area contributed by atoms with Gasteiger partial charge in [0.05, 0.1) is 0 Å². The van der Waals surface area contributed by atoms with E-state index in [1.165, 1.54) is 12.1 Å². The SMILES string of the molecule is CCNC(=NCCc1c[nH]c2cc(F)ccc12)NC(C)C(C)C.I. The Morgan fingerprint density at radius 1 is 1.29 bits per heavy atom. The van der Waals surface area contributed by atoms with Gasteiger partial charge in [0.25, 0.3) is 0 Å². The number of aromatic amines is 1. The molecule has 1 aromatic carbocycles. The van der Waals surface area contributed by atoms with E-state index in [1.807, 2.05) is 12.3 Å². The molecule has 0 saturated carbocycles. The molecule has 1 heterocycles. The van der Waals surface area contributed by atoms with Crippen molar-refractivity contribution in [2.24, 2.45) is 10.9 Å². The normalized spacial score (nSPS) is 13.0. The van der Waals surface area contributed by atoms with Crippen molar-refractivity contribution < 1.29 is 4.39 Å². The summed E-state index contributed by atoms with van der Waals surface area (Å²) in [6.45, 7) is 10.1.